The van der Waals surface area contributed by atoms with Crippen LogP contribution < -0.4 is 0 Å². The van der Waals surface area contributed by atoms with Crippen molar-refractivity contribution in [2.24, 2.45) is 0 Å². The second kappa shape index (κ2) is 44.9. The number of rotatable bonds is 46. The van der Waals surface area contributed by atoms with Crippen LogP contribution >= 0.6 is 0 Å². The van der Waals surface area contributed by atoms with Crippen LogP contribution in [0.4, 0.5) is 0 Å². The maximum Gasteiger partial charge on any atom is 0.362 e. The van der Waals surface area contributed by atoms with Crippen LogP contribution in [0, 0.1) is 0 Å². The van der Waals surface area contributed by atoms with Gasteiger partial charge in [0, 0.05) is 19.3 Å². The van der Waals surface area contributed by atoms with E-state index in [1.54, 1.807) is 0 Å². The van der Waals surface area contributed by atoms with Crippen molar-refractivity contribution in [3.05, 3.63) is 48.6 Å². The fourth-order valence-corrected chi connectivity index (χ4v) is 7.56. The third-order valence-corrected chi connectivity index (χ3v) is 11.5. The predicted octanol–water partition coefficient (Wildman–Crippen LogP) is 14.8. The number of hydrogen-bond acceptors (Lipinski definition) is 6. The lowest BCUT2D eigenvalue weighted by molar-refractivity contribution is -0.887. The molecule has 8 nitrogen and oxygen atoms in total. The van der Waals surface area contributed by atoms with Crippen LogP contribution in [0.1, 0.15) is 226 Å². The number of carboxylic acid groups (broad SMARTS) is 1. The van der Waals surface area contributed by atoms with Crippen LogP contribution in [0.3, 0.4) is 0 Å². The Hall–Kier alpha value is -2.71. The molecule has 0 heterocycles. The van der Waals surface area contributed by atoms with E-state index < -0.39 is 18.1 Å². The van der Waals surface area contributed by atoms with Crippen molar-refractivity contribution in [1.29, 1.82) is 0 Å². The zero-order valence-corrected chi connectivity index (χ0v) is 41.1. The third-order valence-electron chi connectivity index (χ3n) is 11.5. The van der Waals surface area contributed by atoms with E-state index in [4.69, 9.17) is 14.2 Å². The third kappa shape index (κ3) is 42.6. The van der Waals surface area contributed by atoms with E-state index >= 15 is 0 Å². The second-order valence-electron chi connectivity index (χ2n) is 18.5. The Morgan fingerprint density at radius 2 is 0.919 bits per heavy atom. The van der Waals surface area contributed by atoms with Crippen molar-refractivity contribution < 1.29 is 38.2 Å². The molecule has 0 amide bonds. The Labute approximate surface area is 382 Å². The highest BCUT2D eigenvalue weighted by molar-refractivity contribution is 5.72. The van der Waals surface area contributed by atoms with Gasteiger partial charge in [-0.05, 0) is 57.8 Å². The fraction of sp³-hybridized carbons (Fsp3) is 0.796. The van der Waals surface area contributed by atoms with Crippen molar-refractivity contribution >= 4 is 17.9 Å². The van der Waals surface area contributed by atoms with E-state index in [1.807, 2.05) is 21.1 Å². The van der Waals surface area contributed by atoms with Gasteiger partial charge in [-0.1, -0.05) is 197 Å². The average Bonchev–Trinajstić information content (AvgIpc) is 3.23. The molecular weight excluding hydrogens is 775 g/mol. The summed E-state index contributed by atoms with van der Waals surface area (Å²) < 4.78 is 17.3. The zero-order chi connectivity index (χ0) is 45.6. The van der Waals surface area contributed by atoms with Gasteiger partial charge in [0.15, 0.2) is 12.1 Å². The Kier molecular flexibility index (Phi) is 42.9. The van der Waals surface area contributed by atoms with Crippen molar-refractivity contribution in [2.45, 2.75) is 238 Å². The summed E-state index contributed by atoms with van der Waals surface area (Å²) in [5, 5.41) is 9.65. The number of carbonyl (C=O) groups is 3. The number of aliphatic carboxylic acids is 1. The van der Waals surface area contributed by atoms with E-state index in [2.05, 4.69) is 62.5 Å². The minimum Gasteiger partial charge on any atom is -0.477 e. The Morgan fingerprint density at radius 3 is 1.37 bits per heavy atom. The minimum atomic E-state index is -0.877. The molecule has 360 valence electrons. The molecule has 0 aromatic heterocycles. The topological polar surface area (TPSA) is 99.1 Å². The molecule has 0 aliphatic carbocycles. The van der Waals surface area contributed by atoms with E-state index in [0.717, 1.165) is 57.8 Å². The summed E-state index contributed by atoms with van der Waals surface area (Å²) in [5.41, 5.74) is 0. The van der Waals surface area contributed by atoms with Crippen molar-refractivity contribution in [3.8, 4) is 0 Å². The van der Waals surface area contributed by atoms with E-state index in [1.165, 1.54) is 135 Å². The average molecular weight is 873 g/mol. The van der Waals surface area contributed by atoms with Gasteiger partial charge in [-0.25, -0.2) is 4.79 Å². The molecular formula is C54H98NO7+. The normalized spacial score (nSPS) is 13.2. The summed E-state index contributed by atoms with van der Waals surface area (Å²) in [5.74, 6) is -1.48. The number of esters is 2. The molecule has 0 aromatic carbocycles. The first kappa shape index (κ1) is 59.3. The molecule has 2 unspecified atom stereocenters. The van der Waals surface area contributed by atoms with Gasteiger partial charge in [-0.3, -0.25) is 9.59 Å². The molecule has 0 radical (unpaired) electrons. The number of likely N-dealkylation sites (N-methyl/N-ethyl adjacent to an activating group) is 1. The molecule has 0 aliphatic rings. The molecule has 1 N–H and O–H groups in total. The van der Waals surface area contributed by atoms with Crippen LogP contribution in [-0.4, -0.2) is 80.6 Å². The predicted molar refractivity (Wildman–Crippen MR) is 261 cm³/mol. The fourth-order valence-electron chi connectivity index (χ4n) is 7.56. The summed E-state index contributed by atoms with van der Waals surface area (Å²) in [6.07, 6.45) is 54.5. The maximum absolute atomic E-state index is 12.8. The first-order valence-corrected chi connectivity index (χ1v) is 25.7. The quantitative estimate of drug-likeness (QED) is 0.0214. The lowest BCUT2D eigenvalue weighted by Crippen LogP contribution is -2.50. The summed E-state index contributed by atoms with van der Waals surface area (Å²) >= 11 is 0. The molecule has 0 saturated carbocycles. The summed E-state index contributed by atoms with van der Waals surface area (Å²) in [6.45, 7) is 4.61. The maximum atomic E-state index is 12.8. The number of carbonyl (C=O) groups excluding carboxylic acids is 2. The molecule has 8 heteroatoms. The van der Waals surface area contributed by atoms with Crippen LogP contribution in [-0.2, 0) is 28.6 Å². The highest BCUT2D eigenvalue weighted by atomic mass is 16.6. The first-order chi connectivity index (χ1) is 30.1. The molecule has 0 aliphatic heterocycles. The number of nitrogens with zero attached hydrogens (tertiary/aromatic N) is 1. The van der Waals surface area contributed by atoms with Crippen molar-refractivity contribution in [3.63, 3.8) is 0 Å². The summed E-state index contributed by atoms with van der Waals surface area (Å²) in [6, 6.07) is -0.619. The van der Waals surface area contributed by atoms with Gasteiger partial charge in [0.25, 0.3) is 0 Å². The van der Waals surface area contributed by atoms with E-state index in [-0.39, 0.29) is 36.2 Å². The molecule has 0 bridgehead atoms. The SMILES string of the molecule is CC/C=C/C=C/C=C/CCCCCCCCCC(=O)OC(COCCC(C(=O)O)[N+](C)(C)C)COC(=O)CCCCCCCCC/C=C/CCCCCCCCCCCCCC. The monoisotopic (exact) mass is 873 g/mol. The number of allylic oxidation sites excluding steroid dienone is 8. The largest absolute Gasteiger partial charge is 0.477 e. The number of carboxylic acids is 1. The van der Waals surface area contributed by atoms with Crippen molar-refractivity contribution in [2.75, 3.05) is 41.0 Å². The van der Waals surface area contributed by atoms with Crippen LogP contribution in [0.2, 0.25) is 0 Å². The number of unbranched alkanes of at least 4 members (excludes halogenated alkanes) is 26. The van der Waals surface area contributed by atoms with Gasteiger partial charge in [0.2, 0.25) is 0 Å². The molecule has 0 rings (SSSR count). The van der Waals surface area contributed by atoms with Gasteiger partial charge in [-0.2, -0.15) is 0 Å². The molecule has 2 atom stereocenters. The smallest absolute Gasteiger partial charge is 0.362 e. The lowest BCUT2D eigenvalue weighted by atomic mass is 10.0. The van der Waals surface area contributed by atoms with E-state index in [0.29, 0.717) is 19.3 Å². The van der Waals surface area contributed by atoms with Gasteiger partial charge in [-0.15, -0.1) is 0 Å². The second-order valence-corrected chi connectivity index (χ2v) is 18.5. The van der Waals surface area contributed by atoms with Gasteiger partial charge < -0.3 is 23.8 Å². The summed E-state index contributed by atoms with van der Waals surface area (Å²) in [4.78, 5) is 37.1. The molecule has 0 saturated heterocycles. The molecule has 62 heavy (non-hydrogen) atoms. The highest BCUT2D eigenvalue weighted by Gasteiger charge is 2.31. The Balaban J connectivity index is 4.20. The highest BCUT2D eigenvalue weighted by Crippen LogP contribution is 2.15. The number of quaternary nitrogens is 1. The lowest BCUT2D eigenvalue weighted by Gasteiger charge is -2.31. The van der Waals surface area contributed by atoms with Crippen molar-refractivity contribution in [1.82, 2.24) is 0 Å². The van der Waals surface area contributed by atoms with Gasteiger partial charge in [0.1, 0.15) is 6.61 Å². The molecule has 0 fully saturated rings. The first-order valence-electron chi connectivity index (χ1n) is 25.7. The number of hydrogen-bond donors (Lipinski definition) is 1. The van der Waals surface area contributed by atoms with Gasteiger partial charge >= 0.3 is 17.9 Å². The summed E-state index contributed by atoms with van der Waals surface area (Å²) in [7, 11) is 5.53. The molecule has 0 aromatic rings. The molecule has 0 spiro atoms. The Morgan fingerprint density at radius 1 is 0.500 bits per heavy atom. The van der Waals surface area contributed by atoms with Crippen LogP contribution in [0.15, 0.2) is 48.6 Å². The Bertz CT molecular complexity index is 1150. The van der Waals surface area contributed by atoms with Crippen LogP contribution in [0.25, 0.3) is 0 Å². The minimum absolute atomic E-state index is 0.0547. The van der Waals surface area contributed by atoms with Crippen LogP contribution in [0.5, 0.6) is 0 Å². The standard InChI is InChI=1S/C54H97NO7/c1-6-8-10-12-14-16-18-20-22-23-24-25-26-27-28-29-31-32-34-36-38-40-42-44-52(56)61-49-50(48-60-47-46-51(54(58)59)55(3,4)5)62-53(57)45-43-41-39-37-35-33-30-21-19-17-15-13-11-9-7-2/h9,11,13,15,17,19,27-28,50-51H,6-8,10,12,14,16,18,20-26,29-49H2,1-5H3/p+1/b11-9+,15-13+,19-17+,28-27+. The van der Waals surface area contributed by atoms with Gasteiger partial charge in [0.05, 0.1) is 34.4 Å². The zero-order valence-electron chi connectivity index (χ0n) is 41.1. The van der Waals surface area contributed by atoms with E-state index in [9.17, 15) is 19.5 Å². The number of ether oxygens (including phenoxy) is 3.